The number of carboxylic acid groups (broad SMARTS) is 1. The number of hydrogen-bond donors (Lipinski definition) is 2. The molecule has 1 saturated heterocycles. The lowest BCUT2D eigenvalue weighted by molar-refractivity contribution is -0.138. The number of hydrogen-bond acceptors (Lipinski definition) is 5. The fraction of sp³-hybridized carbons (Fsp3) is 0.229. The summed E-state index contributed by atoms with van der Waals surface area (Å²) in [6, 6.07) is 25.4. The molecule has 0 saturated carbocycles. The number of nitrogens with one attached hydrogen (secondary N) is 1. The van der Waals surface area contributed by atoms with Gasteiger partial charge in [-0.15, -0.1) is 0 Å². The molecular weight excluding hydrogens is 633 g/mol. The van der Waals surface area contributed by atoms with Gasteiger partial charge in [0.1, 0.15) is 5.75 Å². The SMILES string of the molecule is COc1cccc([C@@H](N=C(c2ccccc2)c2cc(Cl)ccc2NC(=O)[C@]2(C)CCCN2Cc2ccc(Cl)c(Cl)c2)C(=O)O)c1. The van der Waals surface area contributed by atoms with Crippen LogP contribution >= 0.6 is 34.8 Å². The highest BCUT2D eigenvalue weighted by molar-refractivity contribution is 6.42. The number of carbonyl (C=O) groups is 2. The molecule has 2 N–H and O–H groups in total. The molecule has 45 heavy (non-hydrogen) atoms. The third kappa shape index (κ3) is 7.34. The third-order valence-electron chi connectivity index (χ3n) is 8.07. The van der Waals surface area contributed by atoms with E-state index in [4.69, 9.17) is 44.5 Å². The molecule has 0 bridgehead atoms. The second-order valence-corrected chi connectivity index (χ2v) is 12.3. The van der Waals surface area contributed by atoms with Gasteiger partial charge in [0.05, 0.1) is 34.1 Å². The summed E-state index contributed by atoms with van der Waals surface area (Å²) in [6.45, 7) is 3.18. The number of halogens is 3. The van der Waals surface area contributed by atoms with Gasteiger partial charge in [-0.05, 0) is 79.9 Å². The largest absolute Gasteiger partial charge is 0.497 e. The van der Waals surface area contributed by atoms with E-state index in [1.165, 1.54) is 7.11 Å². The summed E-state index contributed by atoms with van der Waals surface area (Å²) in [7, 11) is 1.52. The summed E-state index contributed by atoms with van der Waals surface area (Å²) in [6.07, 6.45) is 1.50. The molecule has 0 radical (unpaired) electrons. The number of rotatable bonds is 10. The number of nitrogens with zero attached hydrogens (tertiary/aromatic N) is 2. The molecule has 232 valence electrons. The number of ether oxygens (including phenoxy) is 1. The van der Waals surface area contributed by atoms with Gasteiger partial charge in [-0.1, -0.05) is 83.3 Å². The molecule has 1 amide bonds. The van der Waals surface area contributed by atoms with Gasteiger partial charge in [0.25, 0.3) is 0 Å². The summed E-state index contributed by atoms with van der Waals surface area (Å²) in [5.74, 6) is -0.819. The van der Waals surface area contributed by atoms with Crippen molar-refractivity contribution in [2.45, 2.75) is 37.9 Å². The predicted molar refractivity (Wildman–Crippen MR) is 180 cm³/mol. The number of anilines is 1. The molecule has 0 aromatic heterocycles. The summed E-state index contributed by atoms with van der Waals surface area (Å²) in [5.41, 5.74) is 2.56. The highest BCUT2D eigenvalue weighted by Gasteiger charge is 2.43. The Kier molecular flexibility index (Phi) is 10.1. The van der Waals surface area contributed by atoms with Gasteiger partial charge in [-0.2, -0.15) is 0 Å². The van der Waals surface area contributed by atoms with Crippen molar-refractivity contribution in [1.29, 1.82) is 0 Å². The van der Waals surface area contributed by atoms with Crippen LogP contribution in [0.5, 0.6) is 5.75 Å². The molecule has 1 fully saturated rings. The zero-order chi connectivity index (χ0) is 32.1. The predicted octanol–water partition coefficient (Wildman–Crippen LogP) is 8.31. The van der Waals surface area contributed by atoms with Crippen molar-refractivity contribution in [2.75, 3.05) is 19.0 Å². The zero-order valence-electron chi connectivity index (χ0n) is 24.8. The summed E-state index contributed by atoms with van der Waals surface area (Å²) < 4.78 is 5.33. The fourth-order valence-electron chi connectivity index (χ4n) is 5.58. The highest BCUT2D eigenvalue weighted by atomic mass is 35.5. The van der Waals surface area contributed by atoms with Crippen LogP contribution in [0.15, 0.2) is 96.0 Å². The smallest absolute Gasteiger partial charge is 0.333 e. The lowest BCUT2D eigenvalue weighted by Gasteiger charge is -2.34. The number of methoxy groups -OCH3 is 1. The van der Waals surface area contributed by atoms with Crippen molar-refractivity contribution < 1.29 is 19.4 Å². The van der Waals surface area contributed by atoms with Crippen molar-refractivity contribution in [3.05, 3.63) is 128 Å². The van der Waals surface area contributed by atoms with E-state index >= 15 is 0 Å². The maximum absolute atomic E-state index is 14.1. The summed E-state index contributed by atoms with van der Waals surface area (Å²) in [4.78, 5) is 33.6. The van der Waals surface area contributed by atoms with Crippen molar-refractivity contribution >= 4 is 58.1 Å². The third-order valence-corrected chi connectivity index (χ3v) is 9.04. The number of aliphatic carboxylic acids is 1. The normalized spacial score (nSPS) is 17.6. The molecule has 1 heterocycles. The van der Waals surface area contributed by atoms with Crippen LogP contribution in [0, 0.1) is 0 Å². The molecule has 1 aliphatic rings. The summed E-state index contributed by atoms with van der Waals surface area (Å²) in [5, 5.41) is 14.8. The number of amides is 1. The fourth-order valence-corrected chi connectivity index (χ4v) is 6.07. The van der Waals surface area contributed by atoms with E-state index in [1.807, 2.05) is 49.4 Å². The second kappa shape index (κ2) is 14.0. The van der Waals surface area contributed by atoms with Gasteiger partial charge in [0.15, 0.2) is 6.04 Å². The Morgan fingerprint density at radius 2 is 1.76 bits per heavy atom. The maximum atomic E-state index is 14.1. The Bertz CT molecular complexity index is 1750. The molecule has 1 aliphatic heterocycles. The first-order chi connectivity index (χ1) is 21.6. The van der Waals surface area contributed by atoms with Gasteiger partial charge < -0.3 is 15.2 Å². The Morgan fingerprint density at radius 3 is 2.47 bits per heavy atom. The Labute approximate surface area is 277 Å². The van der Waals surface area contributed by atoms with E-state index in [1.54, 1.807) is 48.5 Å². The Balaban J connectivity index is 1.54. The number of likely N-dealkylation sites (tertiary alicyclic amines) is 1. The van der Waals surface area contributed by atoms with Gasteiger partial charge in [-0.3, -0.25) is 14.7 Å². The highest BCUT2D eigenvalue weighted by Crippen LogP contribution is 2.35. The lowest BCUT2D eigenvalue weighted by atomic mass is 9.95. The van der Waals surface area contributed by atoms with Gasteiger partial charge >= 0.3 is 5.97 Å². The molecular formula is C35H32Cl3N3O4. The Hall–Kier alpha value is -3.88. The maximum Gasteiger partial charge on any atom is 0.333 e. The first-order valence-electron chi connectivity index (χ1n) is 14.4. The van der Waals surface area contributed by atoms with Gasteiger partial charge in [0, 0.05) is 22.7 Å². The molecule has 5 rings (SSSR count). The minimum atomic E-state index is -1.26. The molecule has 0 aliphatic carbocycles. The zero-order valence-corrected chi connectivity index (χ0v) is 27.0. The van der Waals surface area contributed by atoms with E-state index in [2.05, 4.69) is 10.2 Å². The van der Waals surface area contributed by atoms with Crippen LogP contribution in [-0.2, 0) is 16.1 Å². The number of benzene rings is 4. The molecule has 0 spiro atoms. The summed E-state index contributed by atoms with van der Waals surface area (Å²) >= 11 is 18.9. The minimum Gasteiger partial charge on any atom is -0.497 e. The van der Waals surface area contributed by atoms with Crippen LogP contribution in [0.4, 0.5) is 5.69 Å². The molecule has 4 aromatic rings. The monoisotopic (exact) mass is 663 g/mol. The lowest BCUT2D eigenvalue weighted by Crippen LogP contribution is -2.50. The van der Waals surface area contributed by atoms with Crippen LogP contribution < -0.4 is 10.1 Å². The van der Waals surface area contributed by atoms with Crippen molar-refractivity contribution in [2.24, 2.45) is 4.99 Å². The average Bonchev–Trinajstić information content (AvgIpc) is 3.41. The van der Waals surface area contributed by atoms with Crippen LogP contribution in [0.3, 0.4) is 0 Å². The van der Waals surface area contributed by atoms with Crippen LogP contribution in [0.25, 0.3) is 0 Å². The molecule has 0 unspecified atom stereocenters. The first-order valence-corrected chi connectivity index (χ1v) is 15.5. The van der Waals surface area contributed by atoms with Crippen molar-refractivity contribution in [3.63, 3.8) is 0 Å². The molecule has 2 atom stereocenters. The van der Waals surface area contributed by atoms with E-state index < -0.39 is 17.6 Å². The number of carboxylic acids is 1. The number of aliphatic imine (C=N–C) groups is 1. The van der Waals surface area contributed by atoms with Crippen LogP contribution in [0.1, 0.15) is 48.1 Å². The van der Waals surface area contributed by atoms with Gasteiger partial charge in [0.2, 0.25) is 5.91 Å². The van der Waals surface area contributed by atoms with Crippen molar-refractivity contribution in [1.82, 2.24) is 4.90 Å². The van der Waals surface area contributed by atoms with E-state index in [0.717, 1.165) is 18.5 Å². The first kappa shape index (κ1) is 32.5. The quantitative estimate of drug-likeness (QED) is 0.167. The van der Waals surface area contributed by atoms with Gasteiger partial charge in [-0.25, -0.2) is 4.79 Å². The topological polar surface area (TPSA) is 91.2 Å². The Morgan fingerprint density at radius 1 is 0.978 bits per heavy atom. The van der Waals surface area contributed by atoms with E-state index in [0.29, 0.717) is 61.9 Å². The second-order valence-electron chi connectivity index (χ2n) is 11.1. The van der Waals surface area contributed by atoms with E-state index in [9.17, 15) is 14.7 Å². The number of carbonyl (C=O) groups excluding carboxylic acids is 1. The van der Waals surface area contributed by atoms with Crippen LogP contribution in [-0.4, -0.2) is 46.8 Å². The average molecular weight is 665 g/mol. The van der Waals surface area contributed by atoms with E-state index in [-0.39, 0.29) is 5.91 Å². The van der Waals surface area contributed by atoms with Crippen LogP contribution in [0.2, 0.25) is 15.1 Å². The molecule has 7 nitrogen and oxygen atoms in total. The molecule has 4 aromatic carbocycles. The van der Waals surface area contributed by atoms with Crippen molar-refractivity contribution in [3.8, 4) is 5.75 Å². The molecule has 10 heteroatoms. The minimum absolute atomic E-state index is 0.196. The standard InChI is InChI=1S/C35H32Cl3N3O4/c1-35(16-7-17-41(35)21-22-12-14-28(37)29(38)18-22)34(44)39-30-15-13-25(36)20-27(30)31(23-8-4-3-5-9-23)40-32(33(42)43)24-10-6-11-26(19-24)45-2/h3-6,8-15,18-20,32H,7,16-17,21H2,1-2H3,(H,39,44)(H,42,43)/t32-,35+/m1/s1.